The van der Waals surface area contributed by atoms with Crippen LogP contribution in [0.5, 0.6) is 0 Å². The summed E-state index contributed by atoms with van der Waals surface area (Å²) >= 11 is 1.23. The standard InChI is InChI=1S/C20H21N3O3S/c1-3-23(4-2)19(25)14-8-7-9-15(12-14)21-18(24)13-27-20-22-16-10-5-6-11-17(16)26-20/h5-12H,3-4,13H2,1-2H3,(H,21,24). The van der Waals surface area contributed by atoms with E-state index in [1.54, 1.807) is 29.2 Å². The number of benzene rings is 2. The Bertz CT molecular complexity index is 917. The molecule has 0 spiro atoms. The molecule has 0 atom stereocenters. The fourth-order valence-electron chi connectivity index (χ4n) is 2.66. The molecular formula is C20H21N3O3S. The topological polar surface area (TPSA) is 75.4 Å². The number of aromatic nitrogens is 1. The molecule has 0 unspecified atom stereocenters. The lowest BCUT2D eigenvalue weighted by atomic mass is 10.1. The molecule has 0 saturated heterocycles. The number of thioether (sulfide) groups is 1. The van der Waals surface area contributed by atoms with E-state index < -0.39 is 0 Å². The van der Waals surface area contributed by atoms with Gasteiger partial charge in [0.2, 0.25) is 5.91 Å². The van der Waals surface area contributed by atoms with E-state index >= 15 is 0 Å². The van der Waals surface area contributed by atoms with Crippen LogP contribution in [0.3, 0.4) is 0 Å². The summed E-state index contributed by atoms with van der Waals surface area (Å²) in [7, 11) is 0. The van der Waals surface area contributed by atoms with Crippen molar-refractivity contribution >= 4 is 40.4 Å². The Balaban J connectivity index is 1.60. The largest absolute Gasteiger partial charge is 0.431 e. The van der Waals surface area contributed by atoms with Crippen molar-refractivity contribution in [3.63, 3.8) is 0 Å². The summed E-state index contributed by atoms with van der Waals surface area (Å²) in [6.07, 6.45) is 0. The van der Waals surface area contributed by atoms with Gasteiger partial charge >= 0.3 is 0 Å². The van der Waals surface area contributed by atoms with Gasteiger partial charge in [-0.2, -0.15) is 0 Å². The average molecular weight is 383 g/mol. The normalized spacial score (nSPS) is 10.7. The van der Waals surface area contributed by atoms with Gasteiger partial charge in [0.1, 0.15) is 5.52 Å². The highest BCUT2D eigenvalue weighted by Crippen LogP contribution is 2.23. The van der Waals surface area contributed by atoms with Crippen LogP contribution in [0, 0.1) is 0 Å². The Kier molecular flexibility index (Phi) is 6.13. The molecule has 3 aromatic rings. The lowest BCUT2D eigenvalue weighted by molar-refractivity contribution is -0.113. The summed E-state index contributed by atoms with van der Waals surface area (Å²) in [4.78, 5) is 30.7. The predicted octanol–water partition coefficient (Wildman–Crippen LogP) is 4.04. The number of hydrogen-bond acceptors (Lipinski definition) is 5. The van der Waals surface area contributed by atoms with Crippen LogP contribution in [0.4, 0.5) is 5.69 Å². The van der Waals surface area contributed by atoms with Crippen molar-refractivity contribution in [2.24, 2.45) is 0 Å². The zero-order chi connectivity index (χ0) is 19.2. The van der Waals surface area contributed by atoms with Crippen LogP contribution in [0.2, 0.25) is 0 Å². The molecule has 27 heavy (non-hydrogen) atoms. The Morgan fingerprint density at radius 1 is 1.11 bits per heavy atom. The van der Waals surface area contributed by atoms with E-state index in [-0.39, 0.29) is 17.6 Å². The Morgan fingerprint density at radius 2 is 1.89 bits per heavy atom. The number of rotatable bonds is 7. The third kappa shape index (κ3) is 4.68. The van der Waals surface area contributed by atoms with Crippen molar-refractivity contribution < 1.29 is 14.0 Å². The number of hydrogen-bond donors (Lipinski definition) is 1. The minimum Gasteiger partial charge on any atom is -0.431 e. The van der Waals surface area contributed by atoms with Crippen LogP contribution in [0.1, 0.15) is 24.2 Å². The van der Waals surface area contributed by atoms with Crippen molar-refractivity contribution in [1.29, 1.82) is 0 Å². The number of nitrogens with zero attached hydrogens (tertiary/aromatic N) is 2. The van der Waals surface area contributed by atoms with E-state index in [1.807, 2.05) is 38.1 Å². The van der Waals surface area contributed by atoms with Crippen molar-refractivity contribution in [3.8, 4) is 0 Å². The van der Waals surface area contributed by atoms with Gasteiger partial charge in [0.15, 0.2) is 5.58 Å². The molecule has 0 radical (unpaired) electrons. The van der Waals surface area contributed by atoms with E-state index in [9.17, 15) is 9.59 Å². The summed E-state index contributed by atoms with van der Waals surface area (Å²) in [6.45, 7) is 5.17. The third-order valence-corrected chi connectivity index (χ3v) is 4.87. The van der Waals surface area contributed by atoms with E-state index in [2.05, 4.69) is 10.3 Å². The van der Waals surface area contributed by atoms with E-state index in [4.69, 9.17) is 4.42 Å². The van der Waals surface area contributed by atoms with Crippen molar-refractivity contribution in [1.82, 2.24) is 9.88 Å². The molecule has 0 saturated carbocycles. The molecule has 140 valence electrons. The number of nitrogens with one attached hydrogen (secondary N) is 1. The summed E-state index contributed by atoms with van der Waals surface area (Å²) in [5, 5.41) is 3.27. The first-order valence-electron chi connectivity index (χ1n) is 8.78. The second-order valence-corrected chi connectivity index (χ2v) is 6.77. The molecule has 1 N–H and O–H groups in total. The summed E-state index contributed by atoms with van der Waals surface area (Å²) in [5.74, 6) is -0.0623. The number of carbonyl (C=O) groups is 2. The fraction of sp³-hybridized carbons (Fsp3) is 0.250. The molecule has 6 nitrogen and oxygen atoms in total. The van der Waals surface area contributed by atoms with Gasteiger partial charge in [0, 0.05) is 24.3 Å². The van der Waals surface area contributed by atoms with Gasteiger partial charge in [-0.25, -0.2) is 4.98 Å². The number of para-hydroxylation sites is 2. The van der Waals surface area contributed by atoms with Crippen LogP contribution in [-0.2, 0) is 4.79 Å². The molecule has 3 rings (SSSR count). The molecule has 1 heterocycles. The third-order valence-electron chi connectivity index (χ3n) is 4.04. The van der Waals surface area contributed by atoms with Crippen LogP contribution in [-0.4, -0.2) is 40.5 Å². The Morgan fingerprint density at radius 3 is 2.63 bits per heavy atom. The lowest BCUT2D eigenvalue weighted by Crippen LogP contribution is -2.30. The molecule has 0 bridgehead atoms. The van der Waals surface area contributed by atoms with Gasteiger partial charge in [-0.15, -0.1) is 0 Å². The molecule has 2 aromatic carbocycles. The number of fused-ring (bicyclic) bond motifs is 1. The molecule has 0 aliphatic carbocycles. The van der Waals surface area contributed by atoms with Gasteiger partial charge in [-0.1, -0.05) is 30.0 Å². The van der Waals surface area contributed by atoms with Crippen LogP contribution < -0.4 is 5.32 Å². The first kappa shape index (κ1) is 19.0. The molecule has 0 aliphatic heterocycles. The first-order valence-corrected chi connectivity index (χ1v) is 9.76. The fourth-order valence-corrected chi connectivity index (χ4v) is 3.30. The second kappa shape index (κ2) is 8.73. The van der Waals surface area contributed by atoms with Crippen molar-refractivity contribution in [3.05, 3.63) is 54.1 Å². The Labute approximate surface area is 161 Å². The highest BCUT2D eigenvalue weighted by atomic mass is 32.2. The Hall–Kier alpha value is -2.80. The highest BCUT2D eigenvalue weighted by Gasteiger charge is 2.14. The summed E-state index contributed by atoms with van der Waals surface area (Å²) in [5.41, 5.74) is 2.62. The number of anilines is 1. The summed E-state index contributed by atoms with van der Waals surface area (Å²) in [6, 6.07) is 14.4. The van der Waals surface area contributed by atoms with Crippen molar-refractivity contribution in [2.45, 2.75) is 19.1 Å². The van der Waals surface area contributed by atoms with Crippen molar-refractivity contribution in [2.75, 3.05) is 24.2 Å². The number of amides is 2. The molecule has 0 fully saturated rings. The number of oxazole rings is 1. The van der Waals surface area contributed by atoms with Gasteiger partial charge in [-0.3, -0.25) is 9.59 Å². The van der Waals surface area contributed by atoms with Gasteiger partial charge in [-0.05, 0) is 44.2 Å². The molecule has 7 heteroatoms. The van der Waals surface area contributed by atoms with Crippen LogP contribution >= 0.6 is 11.8 Å². The highest BCUT2D eigenvalue weighted by molar-refractivity contribution is 7.99. The molecular weight excluding hydrogens is 362 g/mol. The maximum atomic E-state index is 12.4. The number of carbonyl (C=O) groups excluding carboxylic acids is 2. The average Bonchev–Trinajstić information content (AvgIpc) is 3.10. The SMILES string of the molecule is CCN(CC)C(=O)c1cccc(NC(=O)CSc2nc3ccccc3o2)c1. The smallest absolute Gasteiger partial charge is 0.257 e. The van der Waals surface area contributed by atoms with Crippen LogP contribution in [0.25, 0.3) is 11.1 Å². The van der Waals surface area contributed by atoms with Gasteiger partial charge in [0.05, 0.1) is 5.75 Å². The second-order valence-electron chi connectivity index (χ2n) is 5.84. The minimum atomic E-state index is -0.185. The zero-order valence-electron chi connectivity index (χ0n) is 15.3. The van der Waals surface area contributed by atoms with Crippen LogP contribution in [0.15, 0.2) is 58.2 Å². The quantitative estimate of drug-likeness (QED) is 0.623. The zero-order valence-corrected chi connectivity index (χ0v) is 16.1. The maximum absolute atomic E-state index is 12.4. The molecule has 0 aliphatic rings. The van der Waals surface area contributed by atoms with E-state index in [0.717, 1.165) is 5.52 Å². The van der Waals surface area contributed by atoms with E-state index in [1.165, 1.54) is 11.8 Å². The maximum Gasteiger partial charge on any atom is 0.257 e. The monoisotopic (exact) mass is 383 g/mol. The first-order chi connectivity index (χ1) is 13.1. The van der Waals surface area contributed by atoms with E-state index in [0.29, 0.717) is 35.1 Å². The summed E-state index contributed by atoms with van der Waals surface area (Å²) < 4.78 is 5.59. The predicted molar refractivity (Wildman–Crippen MR) is 107 cm³/mol. The van der Waals surface area contributed by atoms with Gasteiger partial charge in [0.25, 0.3) is 11.1 Å². The lowest BCUT2D eigenvalue weighted by Gasteiger charge is -2.19. The molecule has 2 amide bonds. The minimum absolute atomic E-state index is 0.0445. The van der Waals surface area contributed by atoms with Gasteiger partial charge < -0.3 is 14.6 Å². The molecule has 1 aromatic heterocycles.